The molecule has 19 heavy (non-hydrogen) atoms. The number of hydrogen-bond acceptors (Lipinski definition) is 3. The molecule has 0 heterocycles. The van der Waals surface area contributed by atoms with Crippen molar-refractivity contribution in [3.8, 4) is 0 Å². The Bertz CT molecular complexity index is 295. The van der Waals surface area contributed by atoms with Gasteiger partial charge in [0.05, 0.1) is 5.60 Å². The van der Waals surface area contributed by atoms with Crippen LogP contribution >= 0.6 is 0 Å². The highest BCUT2D eigenvalue weighted by Crippen LogP contribution is 2.33. The molecule has 0 saturated heterocycles. The van der Waals surface area contributed by atoms with E-state index in [4.69, 9.17) is 10.5 Å². The molecule has 2 rings (SSSR count). The zero-order valence-electron chi connectivity index (χ0n) is 12.1. The van der Waals surface area contributed by atoms with E-state index in [0.29, 0.717) is 12.6 Å². The van der Waals surface area contributed by atoms with Gasteiger partial charge in [0.15, 0.2) is 0 Å². The molecule has 2 aliphatic carbocycles. The molecule has 2 fully saturated rings. The number of carbonyl (C=O) groups excluding carboxylic acids is 1. The Balaban J connectivity index is 1.81. The van der Waals surface area contributed by atoms with Gasteiger partial charge in [-0.3, -0.25) is 4.79 Å². The number of rotatable bonds is 5. The van der Waals surface area contributed by atoms with Gasteiger partial charge >= 0.3 is 0 Å². The maximum Gasteiger partial charge on any atom is 0.249 e. The normalized spacial score (nSPS) is 25.2. The highest BCUT2D eigenvalue weighted by atomic mass is 16.5. The molecule has 0 spiro atoms. The van der Waals surface area contributed by atoms with Crippen LogP contribution in [0.15, 0.2) is 0 Å². The van der Waals surface area contributed by atoms with Crippen molar-refractivity contribution in [2.24, 2.45) is 5.73 Å². The molecular formula is C15H28N2O2. The minimum Gasteiger partial charge on any atom is -0.361 e. The first-order valence-corrected chi connectivity index (χ1v) is 7.83. The van der Waals surface area contributed by atoms with Crippen LogP contribution in [0.2, 0.25) is 0 Å². The Morgan fingerprint density at radius 1 is 1.26 bits per heavy atom. The molecule has 1 amide bonds. The van der Waals surface area contributed by atoms with Crippen LogP contribution in [0.3, 0.4) is 0 Å². The quantitative estimate of drug-likeness (QED) is 0.802. The van der Waals surface area contributed by atoms with Crippen LogP contribution < -0.4 is 11.1 Å². The van der Waals surface area contributed by atoms with Gasteiger partial charge < -0.3 is 15.8 Å². The molecule has 2 aliphatic rings. The van der Waals surface area contributed by atoms with Gasteiger partial charge in [-0.25, -0.2) is 0 Å². The first kappa shape index (κ1) is 14.8. The first-order chi connectivity index (χ1) is 9.15. The summed E-state index contributed by atoms with van der Waals surface area (Å²) in [6, 6.07) is 0.352. The number of hydrogen-bond donors (Lipinski definition) is 2. The van der Waals surface area contributed by atoms with Crippen LogP contribution in [0, 0.1) is 0 Å². The van der Waals surface area contributed by atoms with Crippen molar-refractivity contribution in [2.45, 2.75) is 82.5 Å². The lowest BCUT2D eigenvalue weighted by molar-refractivity contribution is -0.145. The Morgan fingerprint density at radius 2 is 1.89 bits per heavy atom. The van der Waals surface area contributed by atoms with Gasteiger partial charge in [0.25, 0.3) is 0 Å². The third-order valence-corrected chi connectivity index (χ3v) is 4.63. The Morgan fingerprint density at radius 3 is 2.47 bits per heavy atom. The second-order valence-corrected chi connectivity index (χ2v) is 6.20. The molecule has 4 heteroatoms. The van der Waals surface area contributed by atoms with Gasteiger partial charge in [0, 0.05) is 12.6 Å². The summed E-state index contributed by atoms with van der Waals surface area (Å²) < 4.78 is 6.01. The van der Waals surface area contributed by atoms with Gasteiger partial charge in [0.1, 0.15) is 6.10 Å². The summed E-state index contributed by atoms with van der Waals surface area (Å²) in [4.78, 5) is 12.2. The van der Waals surface area contributed by atoms with Crippen molar-refractivity contribution in [1.29, 1.82) is 0 Å². The summed E-state index contributed by atoms with van der Waals surface area (Å²) in [5.74, 6) is 0.0339. The predicted octanol–water partition coefficient (Wildman–Crippen LogP) is 2.11. The monoisotopic (exact) mass is 268 g/mol. The topological polar surface area (TPSA) is 64.3 Å². The zero-order valence-corrected chi connectivity index (χ0v) is 12.1. The smallest absolute Gasteiger partial charge is 0.249 e. The van der Waals surface area contributed by atoms with Crippen LogP contribution in [0.5, 0.6) is 0 Å². The standard InChI is InChI=1S/C15H28N2O2/c1-12(19-15(11-16)9-5-6-10-15)14(18)17-13-7-3-2-4-8-13/h12-13H,2-11,16H2,1H3,(H,17,18). The maximum atomic E-state index is 12.2. The van der Waals surface area contributed by atoms with E-state index in [0.717, 1.165) is 38.5 Å². The summed E-state index contributed by atoms with van der Waals surface area (Å²) in [5.41, 5.74) is 5.60. The third-order valence-electron chi connectivity index (χ3n) is 4.63. The Labute approximate surface area is 116 Å². The average Bonchev–Trinajstić information content (AvgIpc) is 2.89. The van der Waals surface area contributed by atoms with E-state index < -0.39 is 0 Å². The van der Waals surface area contributed by atoms with Crippen LogP contribution in [0.4, 0.5) is 0 Å². The number of nitrogens with one attached hydrogen (secondary N) is 1. The molecule has 0 aliphatic heterocycles. The number of nitrogens with two attached hydrogens (primary N) is 1. The molecule has 0 bridgehead atoms. The largest absolute Gasteiger partial charge is 0.361 e. The van der Waals surface area contributed by atoms with E-state index in [1.165, 1.54) is 19.3 Å². The molecule has 0 radical (unpaired) electrons. The predicted molar refractivity (Wildman–Crippen MR) is 75.8 cm³/mol. The molecule has 1 atom stereocenters. The van der Waals surface area contributed by atoms with Crippen molar-refractivity contribution in [1.82, 2.24) is 5.32 Å². The highest BCUT2D eigenvalue weighted by Gasteiger charge is 2.36. The van der Waals surface area contributed by atoms with Crippen molar-refractivity contribution in [3.63, 3.8) is 0 Å². The van der Waals surface area contributed by atoms with Crippen LogP contribution in [0.25, 0.3) is 0 Å². The van der Waals surface area contributed by atoms with Crippen molar-refractivity contribution < 1.29 is 9.53 Å². The lowest BCUT2D eigenvalue weighted by Crippen LogP contribution is -2.48. The van der Waals surface area contributed by atoms with E-state index in [2.05, 4.69) is 5.32 Å². The minimum atomic E-state index is -0.386. The molecule has 110 valence electrons. The Hall–Kier alpha value is -0.610. The third kappa shape index (κ3) is 3.93. The summed E-state index contributed by atoms with van der Waals surface area (Å²) in [6.07, 6.45) is 9.90. The van der Waals surface area contributed by atoms with E-state index in [-0.39, 0.29) is 17.6 Å². The van der Waals surface area contributed by atoms with E-state index in [1.54, 1.807) is 0 Å². The summed E-state index contributed by atoms with van der Waals surface area (Å²) in [6.45, 7) is 2.38. The van der Waals surface area contributed by atoms with Gasteiger partial charge in [-0.2, -0.15) is 0 Å². The average molecular weight is 268 g/mol. The number of amides is 1. The lowest BCUT2D eigenvalue weighted by Gasteiger charge is -2.32. The molecule has 0 aromatic carbocycles. The second kappa shape index (κ2) is 6.71. The van der Waals surface area contributed by atoms with E-state index >= 15 is 0 Å². The summed E-state index contributed by atoms with van der Waals surface area (Å²) >= 11 is 0. The minimum absolute atomic E-state index is 0.0339. The van der Waals surface area contributed by atoms with E-state index in [1.807, 2.05) is 6.92 Å². The molecule has 4 nitrogen and oxygen atoms in total. The molecule has 2 saturated carbocycles. The van der Waals surface area contributed by atoms with Crippen LogP contribution in [-0.2, 0) is 9.53 Å². The molecule has 3 N–H and O–H groups in total. The van der Waals surface area contributed by atoms with Crippen molar-refractivity contribution >= 4 is 5.91 Å². The first-order valence-electron chi connectivity index (χ1n) is 7.83. The zero-order chi connectivity index (χ0) is 13.7. The lowest BCUT2D eigenvalue weighted by atomic mass is 9.95. The fourth-order valence-corrected chi connectivity index (χ4v) is 3.38. The van der Waals surface area contributed by atoms with Crippen molar-refractivity contribution in [2.75, 3.05) is 6.54 Å². The molecule has 0 aromatic heterocycles. The van der Waals surface area contributed by atoms with Gasteiger partial charge in [0.2, 0.25) is 5.91 Å². The van der Waals surface area contributed by atoms with Crippen LogP contribution in [0.1, 0.15) is 64.7 Å². The van der Waals surface area contributed by atoms with E-state index in [9.17, 15) is 4.79 Å². The van der Waals surface area contributed by atoms with Gasteiger partial charge in [-0.05, 0) is 32.6 Å². The summed E-state index contributed by atoms with van der Waals surface area (Å²) in [5, 5.41) is 3.13. The fraction of sp³-hybridized carbons (Fsp3) is 0.933. The van der Waals surface area contributed by atoms with Gasteiger partial charge in [-0.15, -0.1) is 0 Å². The molecule has 0 aromatic rings. The highest BCUT2D eigenvalue weighted by molar-refractivity contribution is 5.80. The second-order valence-electron chi connectivity index (χ2n) is 6.20. The Kier molecular flexibility index (Phi) is 5.22. The molecular weight excluding hydrogens is 240 g/mol. The van der Waals surface area contributed by atoms with Crippen LogP contribution in [-0.4, -0.2) is 30.2 Å². The summed E-state index contributed by atoms with van der Waals surface area (Å²) in [7, 11) is 0. The maximum absolute atomic E-state index is 12.2. The number of ether oxygens (including phenoxy) is 1. The molecule has 1 unspecified atom stereocenters. The fourth-order valence-electron chi connectivity index (χ4n) is 3.38. The van der Waals surface area contributed by atoms with Crippen molar-refractivity contribution in [3.05, 3.63) is 0 Å². The van der Waals surface area contributed by atoms with Gasteiger partial charge in [-0.1, -0.05) is 32.1 Å². The SMILES string of the molecule is CC(OC1(CN)CCCC1)C(=O)NC1CCCCC1. The number of carbonyl (C=O) groups is 1.